The number of benzene rings is 3. The van der Waals surface area contributed by atoms with Gasteiger partial charge in [-0.1, -0.05) is 54.1 Å². The molecule has 0 radical (unpaired) electrons. The van der Waals surface area contributed by atoms with E-state index in [0.29, 0.717) is 0 Å². The van der Waals surface area contributed by atoms with Gasteiger partial charge in [0.05, 0.1) is 17.1 Å². The van der Waals surface area contributed by atoms with Crippen LogP contribution >= 0.6 is 0 Å². The molecule has 0 unspecified atom stereocenters. The van der Waals surface area contributed by atoms with Crippen molar-refractivity contribution in [2.24, 2.45) is 0 Å². The molecule has 35 heavy (non-hydrogen) atoms. The van der Waals surface area contributed by atoms with Gasteiger partial charge in [-0.25, -0.2) is 4.68 Å². The summed E-state index contributed by atoms with van der Waals surface area (Å²) >= 11 is 0. The summed E-state index contributed by atoms with van der Waals surface area (Å²) in [4.78, 5) is 5.13. The fourth-order valence-corrected chi connectivity index (χ4v) is 4.88. The Morgan fingerprint density at radius 2 is 1.46 bits per heavy atom. The summed E-state index contributed by atoms with van der Waals surface area (Å²) in [5.41, 5.74) is 10.0. The average molecular weight is 465 g/mol. The first-order valence-electron chi connectivity index (χ1n) is 12.8. The van der Waals surface area contributed by atoms with Crippen LogP contribution < -0.4 is 4.90 Å². The van der Waals surface area contributed by atoms with E-state index in [1.165, 1.54) is 27.9 Å². The highest BCUT2D eigenvalue weighted by Crippen LogP contribution is 2.25. The zero-order chi connectivity index (χ0) is 24.2. The number of rotatable bonds is 7. The lowest BCUT2D eigenvalue weighted by Gasteiger charge is -2.36. The van der Waals surface area contributed by atoms with Gasteiger partial charge in [0.2, 0.25) is 0 Å². The van der Waals surface area contributed by atoms with E-state index >= 15 is 0 Å². The second-order valence-corrected chi connectivity index (χ2v) is 9.84. The summed E-state index contributed by atoms with van der Waals surface area (Å²) in [6, 6.07) is 28.3. The lowest BCUT2D eigenvalue weighted by Crippen LogP contribution is -2.46. The van der Waals surface area contributed by atoms with Crippen molar-refractivity contribution in [1.82, 2.24) is 14.7 Å². The van der Waals surface area contributed by atoms with Crippen LogP contribution in [0.2, 0.25) is 0 Å². The van der Waals surface area contributed by atoms with Crippen LogP contribution in [0.25, 0.3) is 16.9 Å². The Kier molecular flexibility index (Phi) is 7.01. The van der Waals surface area contributed by atoms with Crippen molar-refractivity contribution in [2.45, 2.75) is 33.6 Å². The predicted octanol–water partition coefficient (Wildman–Crippen LogP) is 6.22. The van der Waals surface area contributed by atoms with Crippen molar-refractivity contribution in [2.75, 3.05) is 37.6 Å². The first-order chi connectivity index (χ1) is 17.1. The Hall–Kier alpha value is -3.37. The Bertz CT molecular complexity index is 1250. The Labute approximate surface area is 209 Å². The lowest BCUT2D eigenvalue weighted by atomic mass is 10.1. The molecule has 0 amide bonds. The quantitative estimate of drug-likeness (QED) is 0.324. The van der Waals surface area contributed by atoms with Crippen molar-refractivity contribution in [3.8, 4) is 16.9 Å². The topological polar surface area (TPSA) is 24.3 Å². The number of hydrogen-bond acceptors (Lipinski definition) is 3. The molecule has 1 fully saturated rings. The summed E-state index contributed by atoms with van der Waals surface area (Å²) in [5.74, 6) is 0. The van der Waals surface area contributed by atoms with Crippen LogP contribution in [-0.4, -0.2) is 47.4 Å². The van der Waals surface area contributed by atoms with Crippen LogP contribution in [-0.2, 0) is 6.42 Å². The molecule has 4 nitrogen and oxygen atoms in total. The van der Waals surface area contributed by atoms with Crippen molar-refractivity contribution < 1.29 is 0 Å². The number of anilines is 1. The molecule has 1 aliphatic heterocycles. The largest absolute Gasteiger partial charge is 0.369 e. The predicted molar refractivity (Wildman–Crippen MR) is 147 cm³/mol. The molecule has 0 spiro atoms. The van der Waals surface area contributed by atoms with Gasteiger partial charge >= 0.3 is 0 Å². The van der Waals surface area contributed by atoms with Gasteiger partial charge in [0.1, 0.15) is 0 Å². The first kappa shape index (κ1) is 23.4. The number of hydrogen-bond donors (Lipinski definition) is 0. The maximum Gasteiger partial charge on any atom is 0.0743 e. The maximum atomic E-state index is 5.02. The van der Waals surface area contributed by atoms with E-state index in [9.17, 15) is 0 Å². The van der Waals surface area contributed by atoms with Crippen LogP contribution in [0.4, 0.5) is 5.69 Å². The molecule has 0 saturated carbocycles. The van der Waals surface area contributed by atoms with Crippen molar-refractivity contribution in [3.05, 3.63) is 101 Å². The highest BCUT2D eigenvalue weighted by molar-refractivity contribution is 5.63. The van der Waals surface area contributed by atoms with Crippen LogP contribution in [0, 0.1) is 20.8 Å². The summed E-state index contributed by atoms with van der Waals surface area (Å²) in [6.07, 6.45) is 2.12. The van der Waals surface area contributed by atoms with E-state index in [1.54, 1.807) is 0 Å². The van der Waals surface area contributed by atoms with Gasteiger partial charge < -0.3 is 4.90 Å². The van der Waals surface area contributed by atoms with E-state index in [4.69, 9.17) is 5.10 Å². The Balaban J connectivity index is 1.21. The molecule has 0 N–H and O–H groups in total. The van der Waals surface area contributed by atoms with E-state index in [0.717, 1.165) is 62.6 Å². The van der Waals surface area contributed by atoms with Gasteiger partial charge in [0.15, 0.2) is 0 Å². The van der Waals surface area contributed by atoms with E-state index in [2.05, 4.69) is 114 Å². The van der Waals surface area contributed by atoms with E-state index in [1.807, 2.05) is 0 Å². The van der Waals surface area contributed by atoms with Gasteiger partial charge in [0.25, 0.3) is 0 Å². The molecule has 5 rings (SSSR count). The summed E-state index contributed by atoms with van der Waals surface area (Å²) in [5, 5.41) is 5.02. The lowest BCUT2D eigenvalue weighted by molar-refractivity contribution is 0.255. The van der Waals surface area contributed by atoms with E-state index in [-0.39, 0.29) is 0 Å². The van der Waals surface area contributed by atoms with Crippen molar-refractivity contribution in [1.29, 1.82) is 0 Å². The summed E-state index contributed by atoms with van der Waals surface area (Å²) < 4.78 is 2.10. The molecular weight excluding hydrogens is 428 g/mol. The highest BCUT2D eigenvalue weighted by atomic mass is 15.3. The number of para-hydroxylation sites is 1. The normalized spacial score (nSPS) is 14.4. The summed E-state index contributed by atoms with van der Waals surface area (Å²) in [6.45, 7) is 12.1. The summed E-state index contributed by atoms with van der Waals surface area (Å²) in [7, 11) is 0. The maximum absolute atomic E-state index is 5.02. The van der Waals surface area contributed by atoms with E-state index < -0.39 is 0 Å². The third-order valence-electron chi connectivity index (χ3n) is 7.24. The minimum absolute atomic E-state index is 0.996. The number of aromatic nitrogens is 2. The minimum atomic E-state index is 0.996. The molecule has 0 atom stereocenters. The molecule has 4 aromatic rings. The average Bonchev–Trinajstić information content (AvgIpc) is 3.31. The molecule has 0 aliphatic carbocycles. The third-order valence-corrected chi connectivity index (χ3v) is 7.24. The first-order valence-corrected chi connectivity index (χ1v) is 12.8. The molecule has 0 bridgehead atoms. The highest BCUT2D eigenvalue weighted by Gasteiger charge is 2.18. The van der Waals surface area contributed by atoms with Crippen LogP contribution in [0.15, 0.2) is 78.9 Å². The smallest absolute Gasteiger partial charge is 0.0743 e. The minimum Gasteiger partial charge on any atom is -0.369 e. The van der Waals surface area contributed by atoms with Gasteiger partial charge in [-0.15, -0.1) is 0 Å². The van der Waals surface area contributed by atoms with Gasteiger partial charge in [-0.3, -0.25) is 4.90 Å². The van der Waals surface area contributed by atoms with Crippen molar-refractivity contribution in [3.63, 3.8) is 0 Å². The number of aryl methyl sites for hydroxylation is 4. The molecule has 4 heteroatoms. The molecule has 3 aromatic carbocycles. The second kappa shape index (κ2) is 10.5. The van der Waals surface area contributed by atoms with Gasteiger partial charge in [0, 0.05) is 37.4 Å². The zero-order valence-electron chi connectivity index (χ0n) is 21.2. The second-order valence-electron chi connectivity index (χ2n) is 9.84. The molecular formula is C31H36N4. The standard InChI is InChI=1S/C31H36N4/c1-24-11-14-27(15-12-24)31-23-28(32-35(31)29-9-5-4-6-10-29)8-7-17-33-18-20-34(21-19-33)30-16-13-25(2)26(3)22-30/h4-6,9-16,22-23H,7-8,17-21H2,1-3H3. The molecule has 180 valence electrons. The number of nitrogens with zero attached hydrogens (tertiary/aromatic N) is 4. The molecule has 1 aliphatic rings. The van der Waals surface area contributed by atoms with Crippen LogP contribution in [0.5, 0.6) is 0 Å². The SMILES string of the molecule is Cc1ccc(-c2cc(CCCN3CCN(c4ccc(C)c(C)c4)CC3)nn2-c2ccccc2)cc1. The van der Waals surface area contributed by atoms with Crippen LogP contribution in [0.3, 0.4) is 0 Å². The fourth-order valence-electron chi connectivity index (χ4n) is 4.88. The zero-order valence-corrected chi connectivity index (χ0v) is 21.2. The molecule has 1 saturated heterocycles. The molecule has 2 heterocycles. The van der Waals surface area contributed by atoms with Crippen LogP contribution in [0.1, 0.15) is 28.8 Å². The fraction of sp³-hybridized carbons (Fsp3) is 0.323. The number of piperazine rings is 1. The Morgan fingerprint density at radius 1 is 0.714 bits per heavy atom. The van der Waals surface area contributed by atoms with Gasteiger partial charge in [-0.05, 0) is 81.6 Å². The van der Waals surface area contributed by atoms with Crippen molar-refractivity contribution >= 4 is 5.69 Å². The molecule has 1 aromatic heterocycles. The Morgan fingerprint density at radius 3 is 2.17 bits per heavy atom. The monoisotopic (exact) mass is 464 g/mol. The third kappa shape index (κ3) is 5.49. The van der Waals surface area contributed by atoms with Gasteiger partial charge in [-0.2, -0.15) is 5.10 Å².